The molecule has 2 saturated carbocycles. The number of para-hydroxylation sites is 1. The van der Waals surface area contributed by atoms with Crippen LogP contribution in [-0.4, -0.2) is 17.6 Å². The zero-order valence-corrected chi connectivity index (χ0v) is 16.1. The number of primary amides is 1. The lowest BCUT2D eigenvalue weighted by atomic mass is 9.64. The molecule has 1 aromatic carbocycles. The standard InChI is InChI=1S/C21H22N2O5/c1-19(2)20(3)8-9-21(19,18(22)26)11-15(20)23-28-17(25)13-10-12-6-4-5-7-14(12)27-16(13)24/h4-7,10H,8-9,11H2,1-3H3,(H2,22,26)/b23-15-. The number of carbonyl (C=O) groups is 2. The molecular weight excluding hydrogens is 360 g/mol. The van der Waals surface area contributed by atoms with Crippen molar-refractivity contribution in [3.63, 3.8) is 0 Å². The van der Waals surface area contributed by atoms with Crippen LogP contribution in [0, 0.1) is 16.2 Å². The quantitative estimate of drug-likeness (QED) is 0.498. The van der Waals surface area contributed by atoms with Crippen molar-refractivity contribution in [1.82, 2.24) is 0 Å². The Morgan fingerprint density at radius 1 is 1.18 bits per heavy atom. The van der Waals surface area contributed by atoms with Crippen LogP contribution >= 0.6 is 0 Å². The third-order valence-electron chi connectivity index (χ3n) is 7.31. The van der Waals surface area contributed by atoms with Gasteiger partial charge in [-0.1, -0.05) is 44.1 Å². The number of hydrogen-bond donors (Lipinski definition) is 1. The maximum Gasteiger partial charge on any atom is 0.373 e. The van der Waals surface area contributed by atoms with E-state index in [-0.39, 0.29) is 11.5 Å². The Morgan fingerprint density at radius 2 is 1.89 bits per heavy atom. The first-order valence-electron chi connectivity index (χ1n) is 9.24. The van der Waals surface area contributed by atoms with Gasteiger partial charge in [0.1, 0.15) is 11.1 Å². The van der Waals surface area contributed by atoms with E-state index < -0.39 is 27.8 Å². The molecule has 2 fully saturated rings. The molecule has 1 aromatic heterocycles. The molecule has 146 valence electrons. The first-order chi connectivity index (χ1) is 13.1. The Hall–Kier alpha value is -2.96. The fraction of sp³-hybridized carbons (Fsp3) is 0.429. The SMILES string of the molecule is CC12CCC(C(N)=O)(C/C1=N/OC(=O)c1cc3ccccc3oc1=O)C2(C)C. The molecule has 2 N–H and O–H groups in total. The second-order valence-electron chi connectivity index (χ2n) is 8.48. The second-order valence-corrected chi connectivity index (χ2v) is 8.48. The predicted molar refractivity (Wildman–Crippen MR) is 103 cm³/mol. The van der Waals surface area contributed by atoms with Gasteiger partial charge in [0, 0.05) is 17.2 Å². The number of nitrogens with zero attached hydrogens (tertiary/aromatic N) is 1. The van der Waals surface area contributed by atoms with E-state index in [2.05, 4.69) is 5.16 Å². The second kappa shape index (κ2) is 5.77. The van der Waals surface area contributed by atoms with Crippen molar-refractivity contribution in [2.24, 2.45) is 27.1 Å². The Balaban J connectivity index is 1.65. The lowest BCUT2D eigenvalue weighted by molar-refractivity contribution is -0.132. The van der Waals surface area contributed by atoms with E-state index in [4.69, 9.17) is 15.0 Å². The van der Waals surface area contributed by atoms with Gasteiger partial charge in [-0.15, -0.1) is 0 Å². The Labute approximate surface area is 161 Å². The van der Waals surface area contributed by atoms with Gasteiger partial charge in [-0.05, 0) is 30.4 Å². The molecule has 28 heavy (non-hydrogen) atoms. The van der Waals surface area contributed by atoms with Gasteiger partial charge < -0.3 is 15.0 Å². The van der Waals surface area contributed by atoms with Gasteiger partial charge in [-0.2, -0.15) is 0 Å². The van der Waals surface area contributed by atoms with E-state index in [1.807, 2.05) is 20.8 Å². The minimum atomic E-state index is -0.885. The topological polar surface area (TPSA) is 112 Å². The highest BCUT2D eigenvalue weighted by Gasteiger charge is 2.71. The molecule has 1 amide bonds. The van der Waals surface area contributed by atoms with Crippen molar-refractivity contribution in [3.8, 4) is 0 Å². The molecule has 2 aliphatic rings. The number of nitrogens with two attached hydrogens (primary N) is 1. The van der Waals surface area contributed by atoms with Crippen LogP contribution in [0.5, 0.6) is 0 Å². The summed E-state index contributed by atoms with van der Waals surface area (Å²) in [6.07, 6.45) is 1.77. The smallest absolute Gasteiger partial charge is 0.373 e. The molecule has 0 saturated heterocycles. The van der Waals surface area contributed by atoms with Gasteiger partial charge in [0.15, 0.2) is 0 Å². The molecule has 7 nitrogen and oxygen atoms in total. The molecule has 0 aliphatic heterocycles. The first-order valence-corrected chi connectivity index (χ1v) is 9.24. The Bertz CT molecular complexity index is 1100. The van der Waals surface area contributed by atoms with E-state index >= 15 is 0 Å². The van der Waals surface area contributed by atoms with Gasteiger partial charge in [0.2, 0.25) is 5.91 Å². The van der Waals surface area contributed by atoms with E-state index in [9.17, 15) is 14.4 Å². The van der Waals surface area contributed by atoms with E-state index in [1.54, 1.807) is 24.3 Å². The fourth-order valence-electron chi connectivity index (χ4n) is 4.91. The summed E-state index contributed by atoms with van der Waals surface area (Å²) in [5.41, 5.74) is 4.23. The predicted octanol–water partition coefficient (Wildman–Crippen LogP) is 3.01. The first kappa shape index (κ1) is 18.4. The lowest BCUT2D eigenvalue weighted by Gasteiger charge is -2.38. The molecule has 2 bridgehead atoms. The van der Waals surface area contributed by atoms with Crippen molar-refractivity contribution in [2.45, 2.75) is 40.0 Å². The molecule has 2 atom stereocenters. The zero-order chi connectivity index (χ0) is 20.3. The largest absolute Gasteiger partial charge is 0.422 e. The Morgan fingerprint density at radius 3 is 2.57 bits per heavy atom. The highest BCUT2D eigenvalue weighted by atomic mass is 16.7. The van der Waals surface area contributed by atoms with Gasteiger partial charge in [0.25, 0.3) is 0 Å². The van der Waals surface area contributed by atoms with Crippen molar-refractivity contribution in [1.29, 1.82) is 0 Å². The van der Waals surface area contributed by atoms with Crippen molar-refractivity contribution < 1.29 is 18.8 Å². The van der Waals surface area contributed by atoms with Gasteiger partial charge in [-0.3, -0.25) is 4.79 Å². The number of benzene rings is 1. The summed E-state index contributed by atoms with van der Waals surface area (Å²) in [6.45, 7) is 6.03. The summed E-state index contributed by atoms with van der Waals surface area (Å²) in [5.74, 6) is -1.24. The molecule has 0 radical (unpaired) electrons. The summed E-state index contributed by atoms with van der Waals surface area (Å²) in [4.78, 5) is 41.9. The van der Waals surface area contributed by atoms with Crippen LogP contribution in [0.4, 0.5) is 0 Å². The van der Waals surface area contributed by atoms with E-state index in [1.165, 1.54) is 6.07 Å². The lowest BCUT2D eigenvalue weighted by Crippen LogP contribution is -2.44. The van der Waals surface area contributed by atoms with E-state index in [0.717, 1.165) is 6.42 Å². The third-order valence-corrected chi connectivity index (χ3v) is 7.31. The molecular formula is C21H22N2O5. The molecule has 4 rings (SSSR count). The summed E-state index contributed by atoms with van der Waals surface area (Å²) in [7, 11) is 0. The maximum absolute atomic E-state index is 12.5. The van der Waals surface area contributed by atoms with Crippen LogP contribution in [-0.2, 0) is 9.63 Å². The summed E-state index contributed by atoms with van der Waals surface area (Å²) >= 11 is 0. The third kappa shape index (κ3) is 2.22. The minimum absolute atomic E-state index is 0.222. The number of carbonyl (C=O) groups excluding carboxylic acids is 2. The molecule has 1 heterocycles. The number of hydrogen-bond acceptors (Lipinski definition) is 6. The van der Waals surface area contributed by atoms with Crippen LogP contribution in [0.3, 0.4) is 0 Å². The van der Waals surface area contributed by atoms with Gasteiger partial charge in [0.05, 0.1) is 11.1 Å². The number of amides is 1. The highest BCUT2D eigenvalue weighted by molar-refractivity contribution is 6.02. The number of oxime groups is 1. The highest BCUT2D eigenvalue weighted by Crippen LogP contribution is 2.70. The van der Waals surface area contributed by atoms with Crippen molar-refractivity contribution >= 4 is 28.6 Å². The molecule has 2 aliphatic carbocycles. The molecule has 2 unspecified atom stereocenters. The number of rotatable bonds is 3. The molecule has 0 spiro atoms. The average molecular weight is 382 g/mol. The van der Waals surface area contributed by atoms with Crippen LogP contribution < -0.4 is 11.4 Å². The summed E-state index contributed by atoms with van der Waals surface area (Å²) < 4.78 is 5.17. The molecule has 2 aromatic rings. The minimum Gasteiger partial charge on any atom is -0.422 e. The number of fused-ring (bicyclic) bond motifs is 3. The van der Waals surface area contributed by atoms with Crippen LogP contribution in [0.15, 0.2) is 44.7 Å². The summed E-state index contributed by atoms with van der Waals surface area (Å²) in [5, 5.41) is 4.69. The van der Waals surface area contributed by atoms with Crippen LogP contribution in [0.1, 0.15) is 50.4 Å². The van der Waals surface area contributed by atoms with Crippen LogP contribution in [0.25, 0.3) is 11.0 Å². The Kier molecular flexibility index (Phi) is 3.79. The van der Waals surface area contributed by atoms with Gasteiger partial charge >= 0.3 is 11.6 Å². The summed E-state index contributed by atoms with van der Waals surface area (Å²) in [6, 6.07) is 8.33. The maximum atomic E-state index is 12.5. The average Bonchev–Trinajstić information content (AvgIpc) is 2.96. The van der Waals surface area contributed by atoms with Crippen molar-refractivity contribution in [2.75, 3.05) is 0 Å². The van der Waals surface area contributed by atoms with Crippen molar-refractivity contribution in [3.05, 3.63) is 46.3 Å². The molecule has 7 heteroatoms. The zero-order valence-electron chi connectivity index (χ0n) is 16.1. The van der Waals surface area contributed by atoms with Crippen LogP contribution in [0.2, 0.25) is 0 Å². The fourth-order valence-corrected chi connectivity index (χ4v) is 4.91. The monoisotopic (exact) mass is 382 g/mol. The van der Waals surface area contributed by atoms with Gasteiger partial charge in [-0.25, -0.2) is 9.59 Å². The van der Waals surface area contributed by atoms with E-state index in [0.29, 0.717) is 29.5 Å². The normalized spacial score (nSPS) is 29.3.